The van der Waals surface area contributed by atoms with Crippen LogP contribution in [0.1, 0.15) is 23.2 Å². The summed E-state index contributed by atoms with van der Waals surface area (Å²) in [7, 11) is 1.90. The largest absolute Gasteiger partial charge is 0.341 e. The number of nitrogens with one attached hydrogen (secondary N) is 1. The minimum atomic E-state index is 0.145. The van der Waals surface area contributed by atoms with Crippen molar-refractivity contribution in [1.29, 1.82) is 0 Å². The van der Waals surface area contributed by atoms with Gasteiger partial charge in [0.1, 0.15) is 0 Å². The molecule has 88 valence electrons. The van der Waals surface area contributed by atoms with E-state index >= 15 is 0 Å². The summed E-state index contributed by atoms with van der Waals surface area (Å²) in [4.78, 5) is 13.8. The van der Waals surface area contributed by atoms with Gasteiger partial charge >= 0.3 is 0 Å². The highest BCUT2D eigenvalue weighted by Gasteiger charge is 2.18. The predicted molar refractivity (Wildman–Crippen MR) is 66.9 cm³/mol. The van der Waals surface area contributed by atoms with E-state index in [2.05, 4.69) is 5.32 Å². The van der Waals surface area contributed by atoms with E-state index in [-0.39, 0.29) is 5.91 Å². The smallest absolute Gasteiger partial charge is 0.254 e. The first-order valence-electron chi connectivity index (χ1n) is 5.76. The standard InChI is InChI=1S/C12H18N2OS/c1-14(8-10-3-2-5-13-7-10)12(15)11-4-6-16-9-11/h4,6,9-10,13H,2-3,5,7-8H2,1H3. The second-order valence-corrected chi connectivity index (χ2v) is 5.19. The number of thiophene rings is 1. The molecule has 1 aromatic rings. The Kier molecular flexibility index (Phi) is 3.96. The van der Waals surface area contributed by atoms with E-state index in [0.29, 0.717) is 5.92 Å². The Hall–Kier alpha value is -0.870. The van der Waals surface area contributed by atoms with Crippen LogP contribution in [0.5, 0.6) is 0 Å². The zero-order valence-electron chi connectivity index (χ0n) is 9.61. The number of carbonyl (C=O) groups is 1. The van der Waals surface area contributed by atoms with Crippen LogP contribution in [0.25, 0.3) is 0 Å². The molecule has 1 unspecified atom stereocenters. The van der Waals surface area contributed by atoms with Gasteiger partial charge in [0.05, 0.1) is 5.56 Å². The molecule has 1 fully saturated rings. The van der Waals surface area contributed by atoms with Gasteiger partial charge in [-0.15, -0.1) is 0 Å². The van der Waals surface area contributed by atoms with Crippen LogP contribution in [0.2, 0.25) is 0 Å². The zero-order chi connectivity index (χ0) is 11.4. The van der Waals surface area contributed by atoms with Crippen LogP contribution in [0.3, 0.4) is 0 Å². The summed E-state index contributed by atoms with van der Waals surface area (Å²) in [5, 5.41) is 7.24. The van der Waals surface area contributed by atoms with Crippen molar-refractivity contribution in [3.63, 3.8) is 0 Å². The lowest BCUT2D eigenvalue weighted by molar-refractivity contribution is 0.0765. The Bertz CT molecular complexity index is 331. The monoisotopic (exact) mass is 238 g/mol. The lowest BCUT2D eigenvalue weighted by atomic mass is 9.99. The van der Waals surface area contributed by atoms with Crippen LogP contribution in [0.15, 0.2) is 16.8 Å². The summed E-state index contributed by atoms with van der Waals surface area (Å²) >= 11 is 1.57. The molecule has 1 aromatic heterocycles. The molecule has 2 heterocycles. The summed E-state index contributed by atoms with van der Waals surface area (Å²) in [6, 6.07) is 1.89. The van der Waals surface area contributed by atoms with Crippen molar-refractivity contribution in [2.45, 2.75) is 12.8 Å². The third kappa shape index (κ3) is 2.83. The summed E-state index contributed by atoms with van der Waals surface area (Å²) in [5.74, 6) is 0.758. The van der Waals surface area contributed by atoms with Gasteiger partial charge in [-0.1, -0.05) is 0 Å². The number of carbonyl (C=O) groups excluding carboxylic acids is 1. The molecule has 3 nitrogen and oxygen atoms in total. The first kappa shape index (κ1) is 11.6. The number of amides is 1. The molecular weight excluding hydrogens is 220 g/mol. The van der Waals surface area contributed by atoms with Crippen molar-refractivity contribution in [3.8, 4) is 0 Å². The summed E-state index contributed by atoms with van der Waals surface area (Å²) < 4.78 is 0. The lowest BCUT2D eigenvalue weighted by Gasteiger charge is -2.27. The molecule has 1 N–H and O–H groups in total. The molecule has 0 bridgehead atoms. The SMILES string of the molecule is CN(CC1CCCNC1)C(=O)c1ccsc1. The van der Waals surface area contributed by atoms with Gasteiger partial charge in [0.2, 0.25) is 0 Å². The first-order valence-corrected chi connectivity index (χ1v) is 6.70. The summed E-state index contributed by atoms with van der Waals surface area (Å²) in [6.07, 6.45) is 2.46. The van der Waals surface area contributed by atoms with Crippen molar-refractivity contribution in [2.24, 2.45) is 5.92 Å². The van der Waals surface area contributed by atoms with Crippen LogP contribution in [0, 0.1) is 5.92 Å². The van der Waals surface area contributed by atoms with Gasteiger partial charge < -0.3 is 10.2 Å². The van der Waals surface area contributed by atoms with E-state index in [1.54, 1.807) is 11.3 Å². The van der Waals surface area contributed by atoms with Crippen LogP contribution >= 0.6 is 11.3 Å². The Morgan fingerprint density at radius 2 is 2.56 bits per heavy atom. The highest BCUT2D eigenvalue weighted by atomic mass is 32.1. The van der Waals surface area contributed by atoms with E-state index in [1.807, 2.05) is 28.8 Å². The van der Waals surface area contributed by atoms with Gasteiger partial charge in [-0.2, -0.15) is 11.3 Å². The molecule has 2 rings (SSSR count). The van der Waals surface area contributed by atoms with E-state index in [0.717, 1.165) is 25.2 Å². The van der Waals surface area contributed by atoms with Crippen LogP contribution in [-0.4, -0.2) is 37.5 Å². The highest BCUT2D eigenvalue weighted by Crippen LogP contribution is 2.14. The van der Waals surface area contributed by atoms with Crippen molar-refractivity contribution in [2.75, 3.05) is 26.7 Å². The first-order chi connectivity index (χ1) is 7.77. The fourth-order valence-electron chi connectivity index (χ4n) is 2.16. The summed E-state index contributed by atoms with van der Waals surface area (Å²) in [6.45, 7) is 3.03. The third-order valence-corrected chi connectivity index (χ3v) is 3.73. The number of rotatable bonds is 3. The number of hydrogen-bond donors (Lipinski definition) is 1. The number of hydrogen-bond acceptors (Lipinski definition) is 3. The van der Waals surface area contributed by atoms with Crippen molar-refractivity contribution < 1.29 is 4.79 Å². The van der Waals surface area contributed by atoms with E-state index in [1.165, 1.54) is 12.8 Å². The fraction of sp³-hybridized carbons (Fsp3) is 0.583. The molecule has 1 saturated heterocycles. The Labute approximate surface area is 100 Å². The molecule has 1 amide bonds. The minimum Gasteiger partial charge on any atom is -0.341 e. The maximum Gasteiger partial charge on any atom is 0.254 e. The zero-order valence-corrected chi connectivity index (χ0v) is 10.4. The molecule has 0 aliphatic carbocycles. The van der Waals surface area contributed by atoms with Crippen LogP contribution < -0.4 is 5.32 Å². The highest BCUT2D eigenvalue weighted by molar-refractivity contribution is 7.08. The molecule has 1 atom stereocenters. The fourth-order valence-corrected chi connectivity index (χ4v) is 2.79. The second kappa shape index (κ2) is 5.46. The lowest BCUT2D eigenvalue weighted by Crippen LogP contribution is -2.39. The van der Waals surface area contributed by atoms with Crippen LogP contribution in [-0.2, 0) is 0 Å². The van der Waals surface area contributed by atoms with Gasteiger partial charge in [0.25, 0.3) is 5.91 Å². The molecule has 16 heavy (non-hydrogen) atoms. The van der Waals surface area contributed by atoms with Crippen molar-refractivity contribution in [1.82, 2.24) is 10.2 Å². The molecule has 1 aliphatic heterocycles. The van der Waals surface area contributed by atoms with Gasteiger partial charge in [-0.05, 0) is 43.3 Å². The van der Waals surface area contributed by atoms with E-state index in [4.69, 9.17) is 0 Å². The Morgan fingerprint density at radius 3 is 3.19 bits per heavy atom. The Balaban J connectivity index is 1.87. The van der Waals surface area contributed by atoms with Crippen LogP contribution in [0.4, 0.5) is 0 Å². The quantitative estimate of drug-likeness (QED) is 0.871. The topological polar surface area (TPSA) is 32.3 Å². The number of piperidine rings is 1. The molecule has 0 aromatic carbocycles. The third-order valence-electron chi connectivity index (χ3n) is 3.05. The van der Waals surface area contributed by atoms with Crippen molar-refractivity contribution >= 4 is 17.2 Å². The minimum absolute atomic E-state index is 0.145. The molecule has 0 saturated carbocycles. The average molecular weight is 238 g/mol. The maximum atomic E-state index is 12.0. The molecule has 1 aliphatic rings. The second-order valence-electron chi connectivity index (χ2n) is 4.41. The van der Waals surface area contributed by atoms with Gasteiger partial charge in [-0.25, -0.2) is 0 Å². The van der Waals surface area contributed by atoms with Gasteiger partial charge in [0, 0.05) is 19.0 Å². The maximum absolute atomic E-state index is 12.0. The average Bonchev–Trinajstić information content (AvgIpc) is 2.83. The summed E-state index contributed by atoms with van der Waals surface area (Å²) in [5.41, 5.74) is 0.816. The number of nitrogens with zero attached hydrogens (tertiary/aromatic N) is 1. The molecular formula is C12H18N2OS. The van der Waals surface area contributed by atoms with E-state index in [9.17, 15) is 4.79 Å². The van der Waals surface area contributed by atoms with Gasteiger partial charge in [0.15, 0.2) is 0 Å². The molecule has 0 spiro atoms. The van der Waals surface area contributed by atoms with E-state index < -0.39 is 0 Å². The Morgan fingerprint density at radius 1 is 1.69 bits per heavy atom. The molecule has 0 radical (unpaired) electrons. The van der Waals surface area contributed by atoms with Gasteiger partial charge in [-0.3, -0.25) is 4.79 Å². The normalized spacial score (nSPS) is 20.7. The van der Waals surface area contributed by atoms with Crippen molar-refractivity contribution in [3.05, 3.63) is 22.4 Å². The molecule has 4 heteroatoms. The predicted octanol–water partition coefficient (Wildman–Crippen LogP) is 1.82.